The lowest BCUT2D eigenvalue weighted by Gasteiger charge is -2.18. The number of carbonyl (C=O) groups excluding carboxylic acids is 2. The van der Waals surface area contributed by atoms with E-state index in [0.29, 0.717) is 40.1 Å². The molecule has 0 spiro atoms. The van der Waals surface area contributed by atoms with Gasteiger partial charge in [0.05, 0.1) is 16.6 Å². The number of amides is 2. The van der Waals surface area contributed by atoms with Gasteiger partial charge in [0.25, 0.3) is 5.91 Å². The smallest absolute Gasteiger partial charge is 0.253 e. The first-order chi connectivity index (χ1) is 12.4. The monoisotopic (exact) mass is 393 g/mol. The number of halogens is 2. The molecule has 0 radical (unpaired) electrons. The molecule has 0 bridgehead atoms. The summed E-state index contributed by atoms with van der Waals surface area (Å²) in [6.07, 6.45) is 0. The fraction of sp³-hybridized carbons (Fsp3) is 0.263. The highest BCUT2D eigenvalue weighted by atomic mass is 35.5. The van der Waals surface area contributed by atoms with Gasteiger partial charge in [-0.25, -0.2) is 0 Å². The molecule has 2 rings (SSSR count). The summed E-state index contributed by atoms with van der Waals surface area (Å²) in [4.78, 5) is 26.1. The van der Waals surface area contributed by atoms with Crippen molar-refractivity contribution in [2.75, 3.05) is 30.3 Å². The summed E-state index contributed by atoms with van der Waals surface area (Å²) in [5, 5.41) is 6.63. The van der Waals surface area contributed by atoms with Gasteiger partial charge in [-0.15, -0.1) is 0 Å². The lowest BCUT2D eigenvalue weighted by Crippen LogP contribution is -2.30. The van der Waals surface area contributed by atoms with Crippen LogP contribution in [0.25, 0.3) is 0 Å². The molecule has 0 saturated heterocycles. The van der Waals surface area contributed by atoms with E-state index in [1.165, 1.54) is 0 Å². The summed E-state index contributed by atoms with van der Waals surface area (Å²) in [5.41, 5.74) is 1.93. The molecular weight excluding hydrogens is 373 g/mol. The van der Waals surface area contributed by atoms with E-state index < -0.39 is 0 Å². The summed E-state index contributed by atoms with van der Waals surface area (Å²) in [6, 6.07) is 11.9. The molecule has 0 heterocycles. The zero-order valence-corrected chi connectivity index (χ0v) is 16.2. The molecule has 0 unspecified atom stereocenters. The molecule has 0 aliphatic rings. The lowest BCUT2D eigenvalue weighted by atomic mass is 10.1. The van der Waals surface area contributed by atoms with Gasteiger partial charge in [-0.3, -0.25) is 9.59 Å². The van der Waals surface area contributed by atoms with Crippen LogP contribution in [0.15, 0.2) is 42.5 Å². The number of rotatable bonds is 7. The quantitative estimate of drug-likeness (QED) is 0.726. The second kappa shape index (κ2) is 9.46. The number of anilines is 2. The normalized spacial score (nSPS) is 10.3. The third-order valence-electron chi connectivity index (χ3n) is 3.84. The van der Waals surface area contributed by atoms with Gasteiger partial charge in [-0.2, -0.15) is 0 Å². The van der Waals surface area contributed by atoms with Crippen LogP contribution in [0.4, 0.5) is 11.4 Å². The first-order valence-corrected chi connectivity index (χ1v) is 9.08. The number of hydrogen-bond donors (Lipinski definition) is 2. The minimum atomic E-state index is -0.209. The van der Waals surface area contributed by atoms with Crippen LogP contribution in [-0.4, -0.2) is 36.3 Å². The van der Waals surface area contributed by atoms with Crippen LogP contribution in [0.5, 0.6) is 0 Å². The minimum Gasteiger partial charge on any atom is -0.376 e. The van der Waals surface area contributed by atoms with E-state index in [-0.39, 0.29) is 18.4 Å². The summed E-state index contributed by atoms with van der Waals surface area (Å²) in [6.45, 7) is 5.29. The third kappa shape index (κ3) is 5.38. The first-order valence-electron chi connectivity index (χ1n) is 8.32. The van der Waals surface area contributed by atoms with Gasteiger partial charge in [0.1, 0.15) is 0 Å². The van der Waals surface area contributed by atoms with Crippen molar-refractivity contribution in [2.24, 2.45) is 0 Å². The van der Waals surface area contributed by atoms with Crippen molar-refractivity contribution in [3.05, 3.63) is 58.1 Å². The fourth-order valence-corrected chi connectivity index (χ4v) is 2.68. The van der Waals surface area contributed by atoms with Crippen molar-refractivity contribution in [1.82, 2.24) is 4.90 Å². The standard InChI is InChI=1S/C19H21Cl2N3O2/c1-3-24(4-2)19(26)13-5-7-14(8-6-13)23-18(25)12-22-15-9-10-16(20)17(21)11-15/h5-11,22H,3-4,12H2,1-2H3,(H,23,25). The molecule has 2 aromatic carbocycles. The van der Waals surface area contributed by atoms with Crippen LogP contribution in [-0.2, 0) is 4.79 Å². The molecule has 0 aliphatic carbocycles. The Bertz CT molecular complexity index is 775. The van der Waals surface area contributed by atoms with E-state index in [9.17, 15) is 9.59 Å². The summed E-state index contributed by atoms with van der Waals surface area (Å²) >= 11 is 11.8. The molecule has 26 heavy (non-hydrogen) atoms. The van der Waals surface area contributed by atoms with Gasteiger partial charge >= 0.3 is 0 Å². The SMILES string of the molecule is CCN(CC)C(=O)c1ccc(NC(=O)CNc2ccc(Cl)c(Cl)c2)cc1. The average molecular weight is 394 g/mol. The van der Waals surface area contributed by atoms with Gasteiger partial charge in [-0.05, 0) is 56.3 Å². The van der Waals surface area contributed by atoms with Crippen molar-refractivity contribution in [1.29, 1.82) is 0 Å². The molecule has 0 aromatic heterocycles. The molecule has 0 saturated carbocycles. The fourth-order valence-electron chi connectivity index (χ4n) is 2.38. The van der Waals surface area contributed by atoms with Crippen LogP contribution >= 0.6 is 23.2 Å². The number of nitrogens with zero attached hydrogens (tertiary/aromatic N) is 1. The molecule has 5 nitrogen and oxygen atoms in total. The van der Waals surface area contributed by atoms with E-state index in [0.717, 1.165) is 0 Å². The molecule has 7 heteroatoms. The van der Waals surface area contributed by atoms with E-state index >= 15 is 0 Å². The highest BCUT2D eigenvalue weighted by Crippen LogP contribution is 2.24. The predicted octanol–water partition coefficient (Wildman–Crippen LogP) is 4.53. The number of hydrogen-bond acceptors (Lipinski definition) is 3. The molecule has 0 atom stereocenters. The minimum absolute atomic E-state index is 0.0193. The number of carbonyl (C=O) groups is 2. The van der Waals surface area contributed by atoms with Crippen LogP contribution in [0, 0.1) is 0 Å². The van der Waals surface area contributed by atoms with Crippen molar-refractivity contribution in [3.8, 4) is 0 Å². The van der Waals surface area contributed by atoms with Gasteiger partial charge in [0, 0.05) is 30.0 Å². The molecule has 0 fully saturated rings. The molecule has 138 valence electrons. The lowest BCUT2D eigenvalue weighted by molar-refractivity contribution is -0.114. The van der Waals surface area contributed by atoms with Crippen molar-refractivity contribution >= 4 is 46.4 Å². The molecule has 2 N–H and O–H groups in total. The number of nitrogens with one attached hydrogen (secondary N) is 2. The van der Waals surface area contributed by atoms with Crippen LogP contribution in [0.1, 0.15) is 24.2 Å². The Kier molecular flexibility index (Phi) is 7.30. The van der Waals surface area contributed by atoms with Crippen LogP contribution in [0.3, 0.4) is 0 Å². The van der Waals surface area contributed by atoms with Gasteiger partial charge in [-0.1, -0.05) is 23.2 Å². The average Bonchev–Trinajstić information content (AvgIpc) is 2.64. The third-order valence-corrected chi connectivity index (χ3v) is 4.58. The van der Waals surface area contributed by atoms with E-state index in [1.54, 1.807) is 47.4 Å². The Morgan fingerprint density at radius 3 is 2.12 bits per heavy atom. The predicted molar refractivity (Wildman–Crippen MR) is 107 cm³/mol. The van der Waals surface area contributed by atoms with E-state index in [1.807, 2.05) is 13.8 Å². The second-order valence-electron chi connectivity index (χ2n) is 5.59. The highest BCUT2D eigenvalue weighted by molar-refractivity contribution is 6.42. The summed E-state index contributed by atoms with van der Waals surface area (Å²) in [5.74, 6) is -0.229. The van der Waals surface area contributed by atoms with Crippen LogP contribution < -0.4 is 10.6 Å². The summed E-state index contributed by atoms with van der Waals surface area (Å²) < 4.78 is 0. The molecule has 2 aromatic rings. The Morgan fingerprint density at radius 1 is 0.923 bits per heavy atom. The molecule has 2 amide bonds. The molecule has 0 aliphatic heterocycles. The number of benzene rings is 2. The van der Waals surface area contributed by atoms with E-state index in [4.69, 9.17) is 23.2 Å². The summed E-state index contributed by atoms with van der Waals surface area (Å²) in [7, 11) is 0. The highest BCUT2D eigenvalue weighted by Gasteiger charge is 2.12. The Labute approximate surface area is 163 Å². The van der Waals surface area contributed by atoms with Crippen molar-refractivity contribution in [3.63, 3.8) is 0 Å². The zero-order valence-electron chi connectivity index (χ0n) is 14.7. The van der Waals surface area contributed by atoms with Crippen molar-refractivity contribution < 1.29 is 9.59 Å². The van der Waals surface area contributed by atoms with Gasteiger partial charge in [0.15, 0.2) is 0 Å². The zero-order chi connectivity index (χ0) is 19.1. The first kappa shape index (κ1) is 20.1. The Morgan fingerprint density at radius 2 is 1.54 bits per heavy atom. The maximum atomic E-state index is 12.3. The van der Waals surface area contributed by atoms with Crippen molar-refractivity contribution in [2.45, 2.75) is 13.8 Å². The Hall–Kier alpha value is -2.24. The maximum Gasteiger partial charge on any atom is 0.253 e. The van der Waals surface area contributed by atoms with Gasteiger partial charge < -0.3 is 15.5 Å². The Balaban J connectivity index is 1.90. The van der Waals surface area contributed by atoms with Gasteiger partial charge in [0.2, 0.25) is 5.91 Å². The topological polar surface area (TPSA) is 61.4 Å². The maximum absolute atomic E-state index is 12.3. The second-order valence-corrected chi connectivity index (χ2v) is 6.40. The van der Waals surface area contributed by atoms with Crippen LogP contribution in [0.2, 0.25) is 10.0 Å². The largest absolute Gasteiger partial charge is 0.376 e. The molecular formula is C19H21Cl2N3O2. The van der Waals surface area contributed by atoms with E-state index in [2.05, 4.69) is 10.6 Å².